The van der Waals surface area contributed by atoms with Gasteiger partial charge in [-0.15, -0.1) is 0 Å². The Balaban J connectivity index is 2.05. The second-order valence-corrected chi connectivity index (χ2v) is 7.35. The molecule has 0 aromatic heterocycles. The van der Waals surface area contributed by atoms with Crippen molar-refractivity contribution < 1.29 is 13.9 Å². The maximum absolute atomic E-state index is 13.7. The van der Waals surface area contributed by atoms with E-state index in [9.17, 15) is 9.18 Å². The number of halogens is 1. The molecule has 1 aliphatic carbocycles. The Bertz CT molecular complexity index is 822. The first kappa shape index (κ1) is 18.3. The molecule has 26 heavy (non-hydrogen) atoms. The van der Waals surface area contributed by atoms with Crippen molar-refractivity contribution in [3.8, 4) is 6.07 Å². The summed E-state index contributed by atoms with van der Waals surface area (Å²) in [6, 6.07) is 7.21. The van der Waals surface area contributed by atoms with E-state index in [0.29, 0.717) is 17.5 Å². The molecule has 0 fully saturated rings. The average molecular weight is 354 g/mol. The fourth-order valence-corrected chi connectivity index (χ4v) is 4.05. The molecule has 0 spiro atoms. The minimum atomic E-state index is -0.830. The van der Waals surface area contributed by atoms with Crippen LogP contribution in [0.5, 0.6) is 0 Å². The highest BCUT2D eigenvalue weighted by Crippen LogP contribution is 2.50. The zero-order chi connectivity index (χ0) is 18.9. The van der Waals surface area contributed by atoms with Crippen molar-refractivity contribution in [1.82, 2.24) is 4.90 Å². The molecule has 3 atom stereocenters. The van der Waals surface area contributed by atoms with E-state index >= 15 is 0 Å². The molecule has 4 nitrogen and oxygen atoms in total. The lowest BCUT2D eigenvalue weighted by atomic mass is 9.70. The van der Waals surface area contributed by atoms with E-state index in [1.807, 2.05) is 33.2 Å². The zero-order valence-electron chi connectivity index (χ0n) is 15.3. The molecule has 0 saturated heterocycles. The van der Waals surface area contributed by atoms with Gasteiger partial charge in [0.2, 0.25) is 0 Å². The number of carbonyl (C=O) groups is 1. The van der Waals surface area contributed by atoms with Gasteiger partial charge in [0, 0.05) is 11.5 Å². The average Bonchev–Trinajstić information content (AvgIpc) is 2.87. The highest BCUT2D eigenvalue weighted by atomic mass is 19.1. The van der Waals surface area contributed by atoms with Gasteiger partial charge in [0.15, 0.2) is 0 Å². The van der Waals surface area contributed by atoms with E-state index in [4.69, 9.17) is 10.00 Å². The molecular formula is C21H23FN2O2. The summed E-state index contributed by atoms with van der Waals surface area (Å²) in [5.74, 6) is -0.921. The van der Waals surface area contributed by atoms with E-state index in [0.717, 1.165) is 18.5 Å². The van der Waals surface area contributed by atoms with Gasteiger partial charge in [-0.25, -0.2) is 9.18 Å². The molecule has 1 aromatic rings. The van der Waals surface area contributed by atoms with Crippen LogP contribution in [0.3, 0.4) is 0 Å². The van der Waals surface area contributed by atoms with E-state index < -0.39 is 11.6 Å². The number of carbonyl (C=O) groups excluding carboxylic acids is 1. The third kappa shape index (κ3) is 3.17. The molecule has 0 bridgehead atoms. The molecule has 0 saturated carbocycles. The van der Waals surface area contributed by atoms with Gasteiger partial charge in [-0.05, 0) is 63.7 Å². The number of ether oxygens (including phenoxy) is 1. The number of nitriles is 1. The van der Waals surface area contributed by atoms with Gasteiger partial charge >= 0.3 is 5.97 Å². The standard InChI is InChI=1S/C21H23FN2O2/c1-14-11-16(22)6-8-18(14)21(9-4-10-24(2)3)19-7-5-15(13-23)12-17(19)20(25)26-21/h5-8,11-12,14,18H,4,9-10H2,1-3H3. The molecular weight excluding hydrogens is 331 g/mol. The van der Waals surface area contributed by atoms with Crippen LogP contribution >= 0.6 is 0 Å². The molecule has 0 amide bonds. The van der Waals surface area contributed by atoms with Crippen molar-refractivity contribution in [3.63, 3.8) is 0 Å². The maximum Gasteiger partial charge on any atom is 0.339 e. The molecule has 3 unspecified atom stereocenters. The Morgan fingerprint density at radius 1 is 1.38 bits per heavy atom. The molecule has 3 rings (SSSR count). The number of hydrogen-bond acceptors (Lipinski definition) is 4. The Labute approximate surface area is 153 Å². The highest BCUT2D eigenvalue weighted by molar-refractivity contribution is 5.95. The quantitative estimate of drug-likeness (QED) is 0.752. The van der Waals surface area contributed by atoms with Crippen molar-refractivity contribution >= 4 is 5.97 Å². The van der Waals surface area contributed by atoms with Gasteiger partial charge in [0.1, 0.15) is 11.4 Å². The van der Waals surface area contributed by atoms with Crippen molar-refractivity contribution in [2.24, 2.45) is 11.8 Å². The number of rotatable bonds is 5. The number of allylic oxidation sites excluding steroid dienone is 3. The molecule has 136 valence electrons. The molecule has 0 N–H and O–H groups in total. The lowest BCUT2D eigenvalue weighted by Gasteiger charge is -2.39. The van der Waals surface area contributed by atoms with Crippen molar-refractivity contribution in [2.45, 2.75) is 25.4 Å². The zero-order valence-corrected chi connectivity index (χ0v) is 15.3. The van der Waals surface area contributed by atoms with Crippen LogP contribution in [0.1, 0.15) is 41.3 Å². The molecule has 2 aliphatic rings. The van der Waals surface area contributed by atoms with E-state index in [1.54, 1.807) is 18.2 Å². The first-order valence-corrected chi connectivity index (χ1v) is 8.85. The molecule has 0 radical (unpaired) electrons. The van der Waals surface area contributed by atoms with Gasteiger partial charge in [-0.3, -0.25) is 0 Å². The van der Waals surface area contributed by atoms with Crippen molar-refractivity contribution in [3.05, 3.63) is 58.9 Å². The van der Waals surface area contributed by atoms with Crippen LogP contribution in [0.2, 0.25) is 0 Å². The van der Waals surface area contributed by atoms with Gasteiger partial charge in [-0.2, -0.15) is 5.26 Å². The molecule has 5 heteroatoms. The molecule has 1 aromatic carbocycles. The second-order valence-electron chi connectivity index (χ2n) is 7.35. The SMILES string of the molecule is CC1C=C(F)C=CC1C1(CCCN(C)C)OC(=O)c2cc(C#N)ccc21. The van der Waals surface area contributed by atoms with Crippen LogP contribution in [-0.2, 0) is 10.3 Å². The number of hydrogen-bond donors (Lipinski definition) is 0. The lowest BCUT2D eigenvalue weighted by molar-refractivity contribution is -0.0469. The van der Waals surface area contributed by atoms with Crippen LogP contribution in [-0.4, -0.2) is 31.5 Å². The maximum atomic E-state index is 13.7. The van der Waals surface area contributed by atoms with E-state index in [2.05, 4.69) is 11.0 Å². The highest BCUT2D eigenvalue weighted by Gasteiger charge is 2.51. The fraction of sp³-hybridized carbons (Fsp3) is 0.429. The normalized spacial score (nSPS) is 27.1. The van der Waals surface area contributed by atoms with Gasteiger partial charge in [0.05, 0.1) is 17.2 Å². The summed E-state index contributed by atoms with van der Waals surface area (Å²) in [4.78, 5) is 14.7. The summed E-state index contributed by atoms with van der Waals surface area (Å²) in [6.07, 6.45) is 6.32. The van der Waals surface area contributed by atoms with Gasteiger partial charge in [0.25, 0.3) is 0 Å². The predicted molar refractivity (Wildman–Crippen MR) is 97.0 cm³/mol. The minimum absolute atomic E-state index is 0.103. The fourth-order valence-electron chi connectivity index (χ4n) is 4.05. The number of esters is 1. The van der Waals surface area contributed by atoms with Crippen LogP contribution in [0.15, 0.2) is 42.3 Å². The van der Waals surface area contributed by atoms with E-state index in [1.165, 1.54) is 6.08 Å². The molecule has 1 heterocycles. The minimum Gasteiger partial charge on any atom is -0.450 e. The van der Waals surface area contributed by atoms with Crippen LogP contribution in [0.25, 0.3) is 0 Å². The van der Waals surface area contributed by atoms with Gasteiger partial charge in [-0.1, -0.05) is 19.1 Å². The summed E-state index contributed by atoms with van der Waals surface area (Å²) in [5.41, 5.74) is 0.855. The van der Waals surface area contributed by atoms with Crippen molar-refractivity contribution in [2.75, 3.05) is 20.6 Å². The summed E-state index contributed by atoms with van der Waals surface area (Å²) in [5, 5.41) is 9.14. The largest absolute Gasteiger partial charge is 0.450 e. The number of nitrogens with zero attached hydrogens (tertiary/aromatic N) is 2. The van der Waals surface area contributed by atoms with Crippen molar-refractivity contribution in [1.29, 1.82) is 5.26 Å². The lowest BCUT2D eigenvalue weighted by Crippen LogP contribution is -2.39. The second kappa shape index (κ2) is 7.05. The van der Waals surface area contributed by atoms with Gasteiger partial charge < -0.3 is 9.64 Å². The third-order valence-corrected chi connectivity index (χ3v) is 5.24. The third-order valence-electron chi connectivity index (χ3n) is 5.24. The Morgan fingerprint density at radius 3 is 2.81 bits per heavy atom. The Hall–Kier alpha value is -2.45. The first-order chi connectivity index (χ1) is 12.4. The summed E-state index contributed by atoms with van der Waals surface area (Å²) >= 11 is 0. The number of benzene rings is 1. The summed E-state index contributed by atoms with van der Waals surface area (Å²) < 4.78 is 19.6. The van der Waals surface area contributed by atoms with Crippen LogP contribution < -0.4 is 0 Å². The number of fused-ring (bicyclic) bond motifs is 1. The Morgan fingerprint density at radius 2 is 2.15 bits per heavy atom. The monoisotopic (exact) mass is 354 g/mol. The van der Waals surface area contributed by atoms with Crippen LogP contribution in [0.4, 0.5) is 4.39 Å². The Kier molecular flexibility index (Phi) is 4.97. The summed E-state index contributed by atoms with van der Waals surface area (Å²) in [7, 11) is 4.00. The smallest absolute Gasteiger partial charge is 0.339 e. The first-order valence-electron chi connectivity index (χ1n) is 8.85. The number of cyclic esters (lactones) is 1. The molecule has 1 aliphatic heterocycles. The topological polar surface area (TPSA) is 53.3 Å². The predicted octanol–water partition coefficient (Wildman–Crippen LogP) is 3.94. The van der Waals surface area contributed by atoms with E-state index in [-0.39, 0.29) is 17.7 Å². The van der Waals surface area contributed by atoms with Crippen LogP contribution in [0, 0.1) is 23.2 Å². The summed E-state index contributed by atoms with van der Waals surface area (Å²) in [6.45, 7) is 2.80.